The largest absolute Gasteiger partial charge is 0.493 e. The number of benzene rings is 2. The summed E-state index contributed by atoms with van der Waals surface area (Å²) in [5.74, 6) is 2.58. The number of anilines is 1. The number of methoxy groups -OCH3 is 2. The Morgan fingerprint density at radius 2 is 1.84 bits per heavy atom. The molecule has 1 aromatic heterocycles. The van der Waals surface area contributed by atoms with Crippen LogP contribution in [0.15, 0.2) is 54.7 Å². The molecule has 2 aliphatic heterocycles. The maximum Gasteiger partial charge on any atom is 0.322 e. The highest BCUT2D eigenvalue weighted by Crippen LogP contribution is 2.38. The second-order valence-corrected chi connectivity index (χ2v) is 7.33. The zero-order chi connectivity index (χ0) is 21.4. The molecule has 3 aromatic rings. The lowest BCUT2D eigenvalue weighted by atomic mass is 9.99. The van der Waals surface area contributed by atoms with E-state index in [2.05, 4.69) is 9.88 Å². The van der Waals surface area contributed by atoms with Crippen LogP contribution < -0.4 is 24.3 Å². The van der Waals surface area contributed by atoms with Gasteiger partial charge in [0, 0.05) is 36.7 Å². The fourth-order valence-corrected chi connectivity index (χ4v) is 4.15. The quantitative estimate of drug-likeness (QED) is 0.692. The number of ether oxygens (including phenoxy) is 4. The van der Waals surface area contributed by atoms with Crippen molar-refractivity contribution >= 4 is 11.7 Å². The van der Waals surface area contributed by atoms with Gasteiger partial charge in [-0.05, 0) is 42.0 Å². The molecule has 0 spiro atoms. The molecule has 2 aromatic carbocycles. The maximum absolute atomic E-state index is 13.3. The summed E-state index contributed by atoms with van der Waals surface area (Å²) in [6.07, 6.45) is 2.04. The van der Waals surface area contributed by atoms with Gasteiger partial charge in [0.25, 0.3) is 0 Å². The van der Waals surface area contributed by atoms with Gasteiger partial charge in [-0.2, -0.15) is 0 Å². The summed E-state index contributed by atoms with van der Waals surface area (Å²) in [5, 5.41) is 3.00. The van der Waals surface area contributed by atoms with Crippen LogP contribution in [0.5, 0.6) is 23.0 Å². The lowest BCUT2D eigenvalue weighted by Gasteiger charge is -2.37. The van der Waals surface area contributed by atoms with Crippen molar-refractivity contribution in [1.29, 1.82) is 0 Å². The molecule has 8 heteroatoms. The lowest BCUT2D eigenvalue weighted by Crippen LogP contribution is -2.44. The molecule has 2 aliphatic rings. The molecule has 0 saturated carbocycles. The topological polar surface area (TPSA) is 74.2 Å². The minimum atomic E-state index is -0.266. The predicted molar refractivity (Wildman–Crippen MR) is 114 cm³/mol. The average molecular weight is 421 g/mol. The van der Waals surface area contributed by atoms with Crippen molar-refractivity contribution in [3.63, 3.8) is 0 Å². The Morgan fingerprint density at radius 1 is 1.00 bits per heavy atom. The molecule has 31 heavy (non-hydrogen) atoms. The second kappa shape index (κ2) is 7.79. The van der Waals surface area contributed by atoms with E-state index < -0.39 is 0 Å². The number of urea groups is 1. The number of rotatable bonds is 4. The van der Waals surface area contributed by atoms with E-state index in [0.717, 1.165) is 17.8 Å². The number of fused-ring (bicyclic) bond motifs is 2. The van der Waals surface area contributed by atoms with E-state index in [9.17, 15) is 4.79 Å². The number of nitrogens with zero attached hydrogens (tertiary/aromatic N) is 2. The Bertz CT molecular complexity index is 1130. The first-order valence-electron chi connectivity index (χ1n) is 10.0. The van der Waals surface area contributed by atoms with Crippen molar-refractivity contribution in [2.45, 2.75) is 12.6 Å². The van der Waals surface area contributed by atoms with Crippen LogP contribution in [0.4, 0.5) is 10.5 Å². The molecular formula is C23H23N3O5. The van der Waals surface area contributed by atoms with Crippen LogP contribution in [0.25, 0.3) is 0 Å². The average Bonchev–Trinajstić information content (AvgIpc) is 3.46. The third-order valence-corrected chi connectivity index (χ3v) is 5.65. The molecule has 0 aliphatic carbocycles. The van der Waals surface area contributed by atoms with Gasteiger partial charge in [-0.25, -0.2) is 4.79 Å². The highest BCUT2D eigenvalue weighted by molar-refractivity contribution is 5.90. The van der Waals surface area contributed by atoms with Gasteiger partial charge in [0.1, 0.15) is 0 Å². The van der Waals surface area contributed by atoms with Gasteiger partial charge in [-0.1, -0.05) is 6.07 Å². The predicted octanol–water partition coefficient (Wildman–Crippen LogP) is 3.87. The molecule has 1 N–H and O–H groups in total. The minimum Gasteiger partial charge on any atom is -0.493 e. The molecule has 3 heterocycles. The number of hydrogen-bond acceptors (Lipinski definition) is 5. The van der Waals surface area contributed by atoms with E-state index in [1.807, 2.05) is 47.5 Å². The fraction of sp³-hybridized carbons (Fsp3) is 0.261. The molecule has 1 atom stereocenters. The van der Waals surface area contributed by atoms with Gasteiger partial charge in [-0.15, -0.1) is 0 Å². The van der Waals surface area contributed by atoms with Crippen LogP contribution >= 0.6 is 0 Å². The molecule has 160 valence electrons. The number of carbonyl (C=O) groups is 1. The van der Waals surface area contributed by atoms with Crippen molar-refractivity contribution in [2.75, 3.05) is 32.9 Å². The number of carbonyl (C=O) groups excluding carboxylic acids is 1. The zero-order valence-corrected chi connectivity index (χ0v) is 17.3. The molecule has 0 radical (unpaired) electrons. The Labute approximate surface area is 179 Å². The Kier molecular flexibility index (Phi) is 4.82. The summed E-state index contributed by atoms with van der Waals surface area (Å²) >= 11 is 0. The SMILES string of the molecule is COc1ccc([C@@H]2c3cccn3CCN2C(=O)Nc2ccc3c(c2)OCO3)cc1OC. The normalized spacial score (nSPS) is 16.6. The van der Waals surface area contributed by atoms with Crippen LogP contribution in [0.1, 0.15) is 17.3 Å². The van der Waals surface area contributed by atoms with Crippen LogP contribution in [-0.4, -0.2) is 43.1 Å². The summed E-state index contributed by atoms with van der Waals surface area (Å²) in [5.41, 5.74) is 2.64. The van der Waals surface area contributed by atoms with E-state index in [1.165, 1.54) is 0 Å². The molecular weight excluding hydrogens is 398 g/mol. The summed E-state index contributed by atoms with van der Waals surface area (Å²) in [4.78, 5) is 15.2. The lowest BCUT2D eigenvalue weighted by molar-refractivity contribution is 0.174. The molecule has 0 saturated heterocycles. The molecule has 5 rings (SSSR count). The second-order valence-electron chi connectivity index (χ2n) is 7.33. The van der Waals surface area contributed by atoms with Gasteiger partial charge in [0.05, 0.1) is 20.3 Å². The van der Waals surface area contributed by atoms with Crippen LogP contribution in [0.2, 0.25) is 0 Å². The minimum absolute atomic E-state index is 0.189. The highest BCUT2D eigenvalue weighted by Gasteiger charge is 2.33. The van der Waals surface area contributed by atoms with E-state index >= 15 is 0 Å². The third-order valence-electron chi connectivity index (χ3n) is 5.65. The highest BCUT2D eigenvalue weighted by atomic mass is 16.7. The number of nitrogens with one attached hydrogen (secondary N) is 1. The van der Waals surface area contributed by atoms with Gasteiger partial charge in [0.2, 0.25) is 6.79 Å². The standard InChI is InChI=1S/C23H23N3O5/c1-28-18-7-5-15(12-20(18)29-2)22-17-4-3-9-25(17)10-11-26(22)23(27)24-16-6-8-19-21(13-16)31-14-30-19/h3-9,12-13,22H,10-11,14H2,1-2H3,(H,24,27)/t22-/m1/s1. The van der Waals surface area contributed by atoms with Gasteiger partial charge in [-0.3, -0.25) is 0 Å². The fourth-order valence-electron chi connectivity index (χ4n) is 4.15. The molecule has 0 bridgehead atoms. The molecule has 0 fully saturated rings. The van der Waals surface area contributed by atoms with E-state index in [-0.39, 0.29) is 18.9 Å². The molecule has 8 nitrogen and oxygen atoms in total. The van der Waals surface area contributed by atoms with Gasteiger partial charge in [0.15, 0.2) is 23.0 Å². The summed E-state index contributed by atoms with van der Waals surface area (Å²) in [6.45, 7) is 1.48. The Hall–Kier alpha value is -3.81. The van der Waals surface area contributed by atoms with Crippen molar-refractivity contribution in [3.8, 4) is 23.0 Å². The maximum atomic E-state index is 13.3. The first-order chi connectivity index (χ1) is 15.2. The van der Waals surface area contributed by atoms with Crippen molar-refractivity contribution in [3.05, 3.63) is 66.0 Å². The van der Waals surface area contributed by atoms with E-state index in [1.54, 1.807) is 26.4 Å². The van der Waals surface area contributed by atoms with Crippen LogP contribution in [0.3, 0.4) is 0 Å². The molecule has 2 amide bonds. The smallest absolute Gasteiger partial charge is 0.322 e. The summed E-state index contributed by atoms with van der Waals surface area (Å²) < 4.78 is 23.8. The van der Waals surface area contributed by atoms with E-state index in [4.69, 9.17) is 18.9 Å². The third kappa shape index (κ3) is 3.39. The summed E-state index contributed by atoms with van der Waals surface area (Å²) in [7, 11) is 3.21. The first kappa shape index (κ1) is 19.2. The number of hydrogen-bond donors (Lipinski definition) is 1. The summed E-state index contributed by atoms with van der Waals surface area (Å²) in [6, 6.07) is 14.7. The number of amides is 2. The first-order valence-corrected chi connectivity index (χ1v) is 10.0. The van der Waals surface area contributed by atoms with E-state index in [0.29, 0.717) is 35.2 Å². The zero-order valence-electron chi connectivity index (χ0n) is 17.3. The van der Waals surface area contributed by atoms with Gasteiger partial charge < -0.3 is 33.7 Å². The van der Waals surface area contributed by atoms with Crippen molar-refractivity contribution in [1.82, 2.24) is 9.47 Å². The van der Waals surface area contributed by atoms with Crippen molar-refractivity contribution < 1.29 is 23.7 Å². The number of aromatic nitrogens is 1. The van der Waals surface area contributed by atoms with Crippen LogP contribution in [-0.2, 0) is 6.54 Å². The Balaban J connectivity index is 1.47. The Morgan fingerprint density at radius 3 is 2.68 bits per heavy atom. The monoisotopic (exact) mass is 421 g/mol. The van der Waals surface area contributed by atoms with Crippen LogP contribution in [0, 0.1) is 0 Å². The molecule has 0 unspecified atom stereocenters. The van der Waals surface area contributed by atoms with Gasteiger partial charge >= 0.3 is 6.03 Å². The van der Waals surface area contributed by atoms with Crippen molar-refractivity contribution in [2.24, 2.45) is 0 Å².